The number of benzene rings is 1. The number of nitrogens with one attached hydrogen (secondary N) is 1. The van der Waals surface area contributed by atoms with Gasteiger partial charge in [0.2, 0.25) is 5.91 Å². The first kappa shape index (κ1) is 21.4. The lowest BCUT2D eigenvalue weighted by Gasteiger charge is -2.14. The van der Waals surface area contributed by atoms with Crippen molar-refractivity contribution in [1.82, 2.24) is 14.5 Å². The first-order valence-corrected chi connectivity index (χ1v) is 11.3. The van der Waals surface area contributed by atoms with Crippen molar-refractivity contribution < 1.29 is 13.6 Å². The summed E-state index contributed by atoms with van der Waals surface area (Å²) in [5, 5.41) is 3.54. The minimum Gasteiger partial charge on any atom is -0.323 e. The number of hydrogen-bond donors (Lipinski definition) is 1. The number of halogens is 2. The first-order valence-electron chi connectivity index (χ1n) is 9.49. The van der Waals surface area contributed by atoms with E-state index in [0.717, 1.165) is 40.2 Å². The number of anilines is 1. The molecule has 31 heavy (non-hydrogen) atoms. The van der Waals surface area contributed by atoms with E-state index in [1.54, 1.807) is 16.8 Å². The lowest BCUT2D eigenvalue weighted by molar-refractivity contribution is -0.113. The van der Waals surface area contributed by atoms with Gasteiger partial charge in [-0.2, -0.15) is 0 Å². The number of carbonyl (C=O) groups is 1. The largest absolute Gasteiger partial charge is 0.323 e. The van der Waals surface area contributed by atoms with Crippen LogP contribution < -0.4 is 10.9 Å². The van der Waals surface area contributed by atoms with E-state index < -0.39 is 17.5 Å². The van der Waals surface area contributed by atoms with Crippen LogP contribution >= 0.6 is 23.1 Å². The van der Waals surface area contributed by atoms with E-state index in [9.17, 15) is 18.4 Å². The van der Waals surface area contributed by atoms with E-state index in [1.807, 2.05) is 19.9 Å². The van der Waals surface area contributed by atoms with E-state index in [0.29, 0.717) is 21.9 Å². The predicted molar refractivity (Wildman–Crippen MR) is 120 cm³/mol. The quantitative estimate of drug-likeness (QED) is 0.334. The molecule has 0 spiro atoms. The lowest BCUT2D eigenvalue weighted by Crippen LogP contribution is -2.25. The van der Waals surface area contributed by atoms with Crippen molar-refractivity contribution in [3.05, 3.63) is 58.5 Å². The maximum Gasteiger partial charge on any atom is 0.272 e. The van der Waals surface area contributed by atoms with Crippen molar-refractivity contribution in [2.75, 3.05) is 11.1 Å². The van der Waals surface area contributed by atoms with Gasteiger partial charge in [-0.3, -0.25) is 14.2 Å². The van der Waals surface area contributed by atoms with Gasteiger partial charge in [-0.25, -0.2) is 18.7 Å². The monoisotopic (exact) mass is 460 g/mol. The Balaban J connectivity index is 1.66. The zero-order chi connectivity index (χ0) is 22.1. The molecule has 10 heteroatoms. The summed E-state index contributed by atoms with van der Waals surface area (Å²) in [6, 6.07) is 6.48. The van der Waals surface area contributed by atoms with Crippen LogP contribution in [-0.2, 0) is 11.3 Å². The number of aromatic nitrogens is 3. The molecule has 0 radical (unpaired) electrons. The normalized spacial score (nSPS) is 11.5. The highest BCUT2D eigenvalue weighted by molar-refractivity contribution is 7.99. The van der Waals surface area contributed by atoms with Crippen LogP contribution in [-0.4, -0.2) is 26.2 Å². The molecule has 4 rings (SSSR count). The molecule has 3 aromatic heterocycles. The Morgan fingerprint density at radius 2 is 2.10 bits per heavy atom. The molecule has 0 aliphatic rings. The standard InChI is InChI=1S/C21H18F2N4O2S2/c1-11(2)9-27-20(29)18-17(13-4-3-7-24-19(13)31-18)26-21(27)30-10-16(28)25-15-8-12(22)5-6-14(15)23/h3-8,11H,9-10H2,1-2H3,(H,25,28). The Bertz CT molecular complexity index is 1350. The summed E-state index contributed by atoms with van der Waals surface area (Å²) in [6.07, 6.45) is 1.66. The van der Waals surface area contributed by atoms with Crippen molar-refractivity contribution in [1.29, 1.82) is 0 Å². The average Bonchev–Trinajstić information content (AvgIpc) is 3.10. The molecule has 6 nitrogen and oxygen atoms in total. The molecular formula is C21H18F2N4O2S2. The van der Waals surface area contributed by atoms with Gasteiger partial charge in [-0.05, 0) is 30.2 Å². The maximum absolute atomic E-state index is 13.8. The van der Waals surface area contributed by atoms with Crippen LogP contribution in [0.3, 0.4) is 0 Å². The summed E-state index contributed by atoms with van der Waals surface area (Å²) in [5.41, 5.74) is 0.140. The highest BCUT2D eigenvalue weighted by Crippen LogP contribution is 2.30. The molecule has 0 bridgehead atoms. The van der Waals surface area contributed by atoms with Crippen LogP contribution in [0.1, 0.15) is 13.8 Å². The minimum atomic E-state index is -0.728. The van der Waals surface area contributed by atoms with E-state index in [4.69, 9.17) is 0 Å². The number of carbonyl (C=O) groups excluding carboxylic acids is 1. The molecule has 0 saturated carbocycles. The Morgan fingerprint density at radius 3 is 2.87 bits per heavy atom. The Hall–Kier alpha value is -2.85. The number of hydrogen-bond acceptors (Lipinski definition) is 6. The van der Waals surface area contributed by atoms with Gasteiger partial charge in [0.25, 0.3) is 5.56 Å². The third-order valence-electron chi connectivity index (χ3n) is 4.40. The SMILES string of the molecule is CC(C)Cn1c(SCC(=O)Nc2cc(F)ccc2F)nc2c(sc3ncccc32)c1=O. The molecule has 0 fully saturated rings. The van der Waals surface area contributed by atoms with Gasteiger partial charge in [0, 0.05) is 24.2 Å². The molecule has 0 unspecified atom stereocenters. The van der Waals surface area contributed by atoms with Crippen LogP contribution in [0.2, 0.25) is 0 Å². The van der Waals surface area contributed by atoms with Crippen LogP contribution in [0.15, 0.2) is 46.5 Å². The van der Waals surface area contributed by atoms with Crippen molar-refractivity contribution in [3.8, 4) is 0 Å². The topological polar surface area (TPSA) is 76.9 Å². The number of fused-ring (bicyclic) bond motifs is 3. The summed E-state index contributed by atoms with van der Waals surface area (Å²) < 4.78 is 29.2. The van der Waals surface area contributed by atoms with E-state index in [-0.39, 0.29) is 22.9 Å². The molecule has 0 saturated heterocycles. The van der Waals surface area contributed by atoms with Crippen molar-refractivity contribution in [2.24, 2.45) is 5.92 Å². The van der Waals surface area contributed by atoms with Gasteiger partial charge >= 0.3 is 0 Å². The number of thioether (sulfide) groups is 1. The van der Waals surface area contributed by atoms with Crippen molar-refractivity contribution in [3.63, 3.8) is 0 Å². The van der Waals surface area contributed by atoms with Crippen LogP contribution in [0.25, 0.3) is 20.4 Å². The fourth-order valence-corrected chi connectivity index (χ4v) is 4.92. The van der Waals surface area contributed by atoms with Gasteiger partial charge < -0.3 is 5.32 Å². The maximum atomic E-state index is 13.8. The molecule has 0 aliphatic carbocycles. The molecular weight excluding hydrogens is 442 g/mol. The van der Waals surface area contributed by atoms with Gasteiger partial charge in [0.05, 0.1) is 17.0 Å². The summed E-state index contributed by atoms with van der Waals surface area (Å²) in [7, 11) is 0. The second-order valence-electron chi connectivity index (χ2n) is 7.30. The summed E-state index contributed by atoms with van der Waals surface area (Å²) in [5.74, 6) is -1.85. The summed E-state index contributed by atoms with van der Waals surface area (Å²) in [6.45, 7) is 4.40. The Kier molecular flexibility index (Phi) is 6.01. The average molecular weight is 461 g/mol. The molecule has 160 valence electrons. The van der Waals surface area contributed by atoms with Crippen LogP contribution in [0.5, 0.6) is 0 Å². The zero-order valence-electron chi connectivity index (χ0n) is 16.7. The van der Waals surface area contributed by atoms with Crippen LogP contribution in [0.4, 0.5) is 14.5 Å². The predicted octanol–water partition coefficient (Wildman–Crippen LogP) is 4.67. The third kappa shape index (κ3) is 4.45. The number of nitrogens with zero attached hydrogens (tertiary/aromatic N) is 3. The smallest absolute Gasteiger partial charge is 0.272 e. The second-order valence-corrected chi connectivity index (χ2v) is 9.24. The molecule has 4 aromatic rings. The number of amides is 1. The number of pyridine rings is 1. The van der Waals surface area contributed by atoms with E-state index in [1.165, 1.54) is 11.3 Å². The lowest BCUT2D eigenvalue weighted by atomic mass is 10.2. The van der Waals surface area contributed by atoms with E-state index in [2.05, 4.69) is 15.3 Å². The molecule has 0 aliphatic heterocycles. The van der Waals surface area contributed by atoms with Crippen LogP contribution in [0, 0.1) is 17.6 Å². The molecule has 1 N–H and O–H groups in total. The highest BCUT2D eigenvalue weighted by Gasteiger charge is 2.18. The fraction of sp³-hybridized carbons (Fsp3) is 0.238. The van der Waals surface area contributed by atoms with E-state index >= 15 is 0 Å². The van der Waals surface area contributed by atoms with Gasteiger partial charge in [0.1, 0.15) is 21.2 Å². The zero-order valence-corrected chi connectivity index (χ0v) is 18.3. The molecule has 1 aromatic carbocycles. The number of thiophene rings is 1. The minimum absolute atomic E-state index is 0.119. The van der Waals surface area contributed by atoms with Crippen molar-refractivity contribution in [2.45, 2.75) is 25.5 Å². The van der Waals surface area contributed by atoms with Gasteiger partial charge in [-0.1, -0.05) is 25.6 Å². The van der Waals surface area contributed by atoms with Gasteiger partial charge in [-0.15, -0.1) is 11.3 Å². The Labute approximate surface area is 184 Å². The second kappa shape index (κ2) is 8.72. The number of rotatable bonds is 6. The summed E-state index contributed by atoms with van der Waals surface area (Å²) >= 11 is 2.37. The van der Waals surface area contributed by atoms with Crippen molar-refractivity contribution >= 4 is 55.1 Å². The molecule has 1 amide bonds. The summed E-state index contributed by atoms with van der Waals surface area (Å²) in [4.78, 5) is 35.2. The third-order valence-corrected chi connectivity index (χ3v) is 6.47. The Morgan fingerprint density at radius 1 is 1.29 bits per heavy atom. The first-order chi connectivity index (χ1) is 14.8. The highest BCUT2D eigenvalue weighted by atomic mass is 32.2. The molecule has 0 atom stereocenters. The fourth-order valence-electron chi connectivity index (χ4n) is 3.09. The van der Waals surface area contributed by atoms with Gasteiger partial charge in [0.15, 0.2) is 5.16 Å². The molecule has 3 heterocycles.